The number of fused-ring (bicyclic) bond motifs is 1. The molecule has 2 rings (SSSR count). The van der Waals surface area contributed by atoms with Crippen LogP contribution >= 0.6 is 0 Å². The number of hydrogen-bond acceptors (Lipinski definition) is 4. The largest absolute Gasteiger partial charge is 0.396 e. The quantitative estimate of drug-likeness (QED) is 0.413. The van der Waals surface area contributed by atoms with E-state index >= 15 is 0 Å². The van der Waals surface area contributed by atoms with Gasteiger partial charge in [-0.1, -0.05) is 33.1 Å². The minimum Gasteiger partial charge on any atom is -0.396 e. The molecule has 22 heavy (non-hydrogen) atoms. The molecule has 2 aliphatic rings. The van der Waals surface area contributed by atoms with Gasteiger partial charge in [0, 0.05) is 41.5 Å². The summed E-state index contributed by atoms with van der Waals surface area (Å²) in [5.74, 6) is 0.869. The van der Waals surface area contributed by atoms with E-state index in [1.54, 1.807) is 0 Å². The Bertz CT molecular complexity index is 178. The first-order valence-electron chi connectivity index (χ1n) is 8.42. The Kier molecular flexibility index (Phi) is 26.8. The summed E-state index contributed by atoms with van der Waals surface area (Å²) >= 11 is 0. The number of ether oxygens (including phenoxy) is 1. The summed E-state index contributed by atoms with van der Waals surface area (Å²) in [6.45, 7) is 10.7. The van der Waals surface area contributed by atoms with Gasteiger partial charge in [-0.3, -0.25) is 0 Å². The van der Waals surface area contributed by atoms with E-state index in [2.05, 4.69) is 6.92 Å². The third kappa shape index (κ3) is 18.6. The first-order valence-corrected chi connectivity index (χ1v) is 8.42. The zero-order valence-corrected chi connectivity index (χ0v) is 16.3. The van der Waals surface area contributed by atoms with Gasteiger partial charge >= 0.3 is 0 Å². The van der Waals surface area contributed by atoms with Crippen LogP contribution in [0.2, 0.25) is 0 Å². The fraction of sp³-hybridized carbons (Fsp3) is 0.941. The fourth-order valence-corrected chi connectivity index (χ4v) is 1.75. The summed E-state index contributed by atoms with van der Waals surface area (Å²) in [6.07, 6.45) is 8.97. The Morgan fingerprint density at radius 2 is 1.27 bits per heavy atom. The number of aliphatic hydroxyl groups excluding tert-OH is 3. The molecule has 0 radical (unpaired) electrons. The van der Waals surface area contributed by atoms with Gasteiger partial charge in [-0.2, -0.15) is 6.42 Å². The Morgan fingerprint density at radius 1 is 0.864 bits per heavy atom. The summed E-state index contributed by atoms with van der Waals surface area (Å²) in [5.41, 5.74) is 0. The third-order valence-electron chi connectivity index (χ3n) is 3.19. The number of rotatable bonds is 4. The van der Waals surface area contributed by atoms with E-state index in [9.17, 15) is 0 Å². The molecule has 2 fully saturated rings. The average molecular weight is 353 g/mol. The van der Waals surface area contributed by atoms with Gasteiger partial charge in [0.25, 0.3) is 0 Å². The molecule has 1 aliphatic heterocycles. The Hall–Kier alpha value is 0.554. The standard InChI is InChI=1S/C8H13O.3C3H8O.Ti/c1-2-6-3-4-7-8(5-6)9-7;3*1-2-3-4;/h6-8H,1-5H2;3*4H,2-3H2,1H3;/q-1;;;;. The van der Waals surface area contributed by atoms with E-state index in [1.165, 1.54) is 19.3 Å². The molecule has 1 aliphatic carbocycles. The topological polar surface area (TPSA) is 73.2 Å². The summed E-state index contributed by atoms with van der Waals surface area (Å²) in [5, 5.41) is 23.6. The van der Waals surface area contributed by atoms with Crippen molar-refractivity contribution in [2.24, 2.45) is 5.92 Å². The summed E-state index contributed by atoms with van der Waals surface area (Å²) in [4.78, 5) is 0. The van der Waals surface area contributed by atoms with Gasteiger partial charge in [-0.25, -0.2) is 0 Å². The van der Waals surface area contributed by atoms with Gasteiger partial charge in [0.15, 0.2) is 0 Å². The molecule has 1 saturated heterocycles. The van der Waals surface area contributed by atoms with E-state index in [-0.39, 0.29) is 21.7 Å². The van der Waals surface area contributed by atoms with E-state index in [1.807, 2.05) is 20.8 Å². The van der Waals surface area contributed by atoms with Crippen molar-refractivity contribution in [3.05, 3.63) is 6.92 Å². The average Bonchev–Trinajstić information content (AvgIpc) is 3.33. The van der Waals surface area contributed by atoms with Gasteiger partial charge in [0.2, 0.25) is 0 Å². The van der Waals surface area contributed by atoms with Crippen molar-refractivity contribution < 1.29 is 41.8 Å². The minimum atomic E-state index is 0. The van der Waals surface area contributed by atoms with Crippen molar-refractivity contribution in [2.75, 3.05) is 19.8 Å². The second-order valence-corrected chi connectivity index (χ2v) is 5.35. The molecule has 0 bridgehead atoms. The third-order valence-corrected chi connectivity index (χ3v) is 3.19. The summed E-state index contributed by atoms with van der Waals surface area (Å²) < 4.78 is 5.38. The van der Waals surface area contributed by atoms with E-state index in [0.717, 1.165) is 31.6 Å². The molecule has 3 N–H and O–H groups in total. The molecule has 0 aromatic heterocycles. The van der Waals surface area contributed by atoms with Gasteiger partial charge < -0.3 is 27.0 Å². The molecule has 0 aromatic rings. The zero-order chi connectivity index (χ0) is 16.5. The molecule has 134 valence electrons. The second-order valence-electron chi connectivity index (χ2n) is 5.35. The van der Waals surface area contributed by atoms with Gasteiger partial charge in [-0.05, 0) is 32.1 Å². The van der Waals surface area contributed by atoms with Gasteiger partial charge in [-0.15, -0.1) is 0 Å². The van der Waals surface area contributed by atoms with Gasteiger partial charge in [0.1, 0.15) is 0 Å². The normalized spacial score (nSPS) is 23.9. The number of aliphatic hydroxyl groups is 3. The summed E-state index contributed by atoms with van der Waals surface area (Å²) in [7, 11) is 0. The van der Waals surface area contributed by atoms with E-state index in [0.29, 0.717) is 32.0 Å². The maximum Gasteiger partial charge on any atom is 0.0843 e. The van der Waals surface area contributed by atoms with Crippen molar-refractivity contribution in [3.63, 3.8) is 0 Å². The molecule has 1 heterocycles. The van der Waals surface area contributed by atoms with Crippen LogP contribution in [0.25, 0.3) is 0 Å². The molecule has 3 unspecified atom stereocenters. The minimum absolute atomic E-state index is 0. The maximum atomic E-state index is 7.88. The van der Waals surface area contributed by atoms with Crippen LogP contribution in [0.4, 0.5) is 0 Å². The van der Waals surface area contributed by atoms with Crippen LogP contribution in [0.15, 0.2) is 0 Å². The van der Waals surface area contributed by atoms with E-state index in [4.69, 9.17) is 20.1 Å². The van der Waals surface area contributed by atoms with Crippen LogP contribution in [0, 0.1) is 12.8 Å². The van der Waals surface area contributed by atoms with Crippen molar-refractivity contribution >= 4 is 0 Å². The van der Waals surface area contributed by atoms with Crippen LogP contribution in [-0.4, -0.2) is 47.3 Å². The predicted molar refractivity (Wildman–Crippen MR) is 88.1 cm³/mol. The molecule has 3 atom stereocenters. The predicted octanol–water partition coefficient (Wildman–Crippen LogP) is 2.94. The summed E-state index contributed by atoms with van der Waals surface area (Å²) in [6, 6.07) is 0. The van der Waals surface area contributed by atoms with Crippen molar-refractivity contribution in [1.29, 1.82) is 0 Å². The van der Waals surface area contributed by atoms with Crippen LogP contribution < -0.4 is 0 Å². The zero-order valence-electron chi connectivity index (χ0n) is 14.8. The van der Waals surface area contributed by atoms with E-state index < -0.39 is 0 Å². The maximum absolute atomic E-state index is 7.88. The number of hydrogen-bond donors (Lipinski definition) is 3. The Labute approximate surface area is 152 Å². The van der Waals surface area contributed by atoms with Crippen LogP contribution in [0.1, 0.15) is 65.7 Å². The molecule has 5 heteroatoms. The van der Waals surface area contributed by atoms with Crippen LogP contribution in [0.5, 0.6) is 0 Å². The van der Waals surface area contributed by atoms with Crippen molar-refractivity contribution in [3.8, 4) is 0 Å². The SMILES string of the molecule is CCCO.CCCO.CCCO.[CH2-]CC1CCC2OC2C1.[Ti]. The molecule has 0 spiro atoms. The first kappa shape index (κ1) is 27.4. The van der Waals surface area contributed by atoms with Crippen LogP contribution in [0.3, 0.4) is 0 Å². The first-order chi connectivity index (χ1) is 10.1. The van der Waals surface area contributed by atoms with Crippen molar-refractivity contribution in [2.45, 2.75) is 77.9 Å². The molecule has 0 aromatic carbocycles. The fourth-order valence-electron chi connectivity index (χ4n) is 1.75. The smallest absolute Gasteiger partial charge is 0.0843 e. The monoisotopic (exact) mass is 353 g/mol. The Morgan fingerprint density at radius 3 is 1.55 bits per heavy atom. The van der Waals surface area contributed by atoms with Crippen molar-refractivity contribution in [1.82, 2.24) is 0 Å². The molecule has 4 nitrogen and oxygen atoms in total. The molecule has 1 saturated carbocycles. The molecule has 0 amide bonds. The van der Waals surface area contributed by atoms with Gasteiger partial charge in [0.05, 0.1) is 12.2 Å². The molecular weight excluding hydrogens is 316 g/mol. The Balaban J connectivity index is -0.000000241. The number of epoxide rings is 1. The van der Waals surface area contributed by atoms with Crippen LogP contribution in [-0.2, 0) is 26.5 Å². The second kappa shape index (κ2) is 21.6. The molecular formula is C17H37O4Ti-.